The van der Waals surface area contributed by atoms with Crippen molar-refractivity contribution in [2.24, 2.45) is 11.8 Å². The molecule has 220 valence electrons. The average Bonchev–Trinajstić information content (AvgIpc) is 3.32. The smallest absolute Gasteiger partial charge is 0.330 e. The number of carbonyl (C=O) groups is 4. The van der Waals surface area contributed by atoms with Gasteiger partial charge in [0.05, 0.1) is 11.8 Å². The molecule has 44 heavy (non-hydrogen) atoms. The predicted molar refractivity (Wildman–Crippen MR) is 166 cm³/mol. The van der Waals surface area contributed by atoms with Gasteiger partial charge >= 0.3 is 5.97 Å². The van der Waals surface area contributed by atoms with Gasteiger partial charge in [-0.2, -0.15) is 0 Å². The molecule has 0 radical (unpaired) electrons. The van der Waals surface area contributed by atoms with E-state index in [0.717, 1.165) is 4.90 Å². The lowest BCUT2D eigenvalue weighted by molar-refractivity contribution is -0.158. The highest BCUT2D eigenvalue weighted by atomic mass is 35.5. The van der Waals surface area contributed by atoms with E-state index in [1.807, 2.05) is 54.6 Å². The molecule has 3 atom stereocenters. The zero-order valence-corrected chi connectivity index (χ0v) is 25.4. The van der Waals surface area contributed by atoms with E-state index < -0.39 is 57.8 Å². The van der Waals surface area contributed by atoms with E-state index in [1.165, 1.54) is 12.1 Å². The van der Waals surface area contributed by atoms with E-state index in [0.29, 0.717) is 38.4 Å². The molecule has 0 aromatic heterocycles. The van der Waals surface area contributed by atoms with Crippen molar-refractivity contribution in [3.8, 4) is 0 Å². The van der Waals surface area contributed by atoms with Crippen LogP contribution in [0.5, 0.6) is 0 Å². The Hall–Kier alpha value is -3.97. The van der Waals surface area contributed by atoms with Gasteiger partial charge in [-0.1, -0.05) is 90.5 Å². The van der Waals surface area contributed by atoms with Crippen LogP contribution in [0.25, 0.3) is 0 Å². The summed E-state index contributed by atoms with van der Waals surface area (Å²) < 4.78 is 5.49. The van der Waals surface area contributed by atoms with Gasteiger partial charge in [0.1, 0.15) is 15.8 Å². The molecule has 9 heteroatoms. The van der Waals surface area contributed by atoms with Crippen LogP contribution < -0.4 is 0 Å². The topological polar surface area (TPSA) is 80.8 Å². The van der Waals surface area contributed by atoms with Crippen molar-refractivity contribution in [2.75, 3.05) is 6.61 Å². The van der Waals surface area contributed by atoms with Gasteiger partial charge in [-0.15, -0.1) is 23.2 Å². The molecule has 4 aliphatic rings. The Labute approximate surface area is 268 Å². The number of carbonyl (C=O) groups excluding carboxylic acids is 4. The number of hydrogen-bond acceptors (Lipinski definition) is 5. The fourth-order valence-electron chi connectivity index (χ4n) is 7.07. The third-order valence-electron chi connectivity index (χ3n) is 8.99. The van der Waals surface area contributed by atoms with E-state index in [-0.39, 0.29) is 6.42 Å². The van der Waals surface area contributed by atoms with Crippen LogP contribution in [0.2, 0.25) is 5.02 Å². The second-order valence-electron chi connectivity index (χ2n) is 11.3. The average molecular weight is 645 g/mol. The van der Waals surface area contributed by atoms with E-state index in [9.17, 15) is 19.2 Å². The third kappa shape index (κ3) is 4.08. The van der Waals surface area contributed by atoms with Crippen molar-refractivity contribution in [2.45, 2.75) is 22.2 Å². The first kappa shape index (κ1) is 28.8. The van der Waals surface area contributed by atoms with Gasteiger partial charge in [0.25, 0.3) is 0 Å². The minimum absolute atomic E-state index is 0.0177. The Bertz CT molecular complexity index is 1720. The minimum Gasteiger partial charge on any atom is -0.456 e. The zero-order chi connectivity index (χ0) is 30.8. The molecule has 4 aromatic rings. The number of nitrogens with zero attached hydrogens (tertiary/aromatic N) is 1. The van der Waals surface area contributed by atoms with E-state index >= 15 is 0 Å². The van der Waals surface area contributed by atoms with Crippen LogP contribution in [0.4, 0.5) is 0 Å². The maximum absolute atomic E-state index is 14.5. The van der Waals surface area contributed by atoms with Gasteiger partial charge in [0.2, 0.25) is 11.8 Å². The second-order valence-corrected chi connectivity index (χ2v) is 12.9. The second kappa shape index (κ2) is 10.6. The Kier molecular flexibility index (Phi) is 6.92. The molecule has 1 aliphatic heterocycles. The number of benzene rings is 4. The number of Topliss-reactive ketones (excluding diaryl/α,β-unsaturated/α-hetero) is 1. The summed E-state index contributed by atoms with van der Waals surface area (Å²) in [5.41, 5.74) is 3.66. The van der Waals surface area contributed by atoms with Crippen LogP contribution in [-0.4, -0.2) is 41.1 Å². The quantitative estimate of drug-likeness (QED) is 0.103. The number of halogens is 3. The molecule has 1 heterocycles. The number of ketones is 1. The summed E-state index contributed by atoms with van der Waals surface area (Å²) in [6, 6.07) is 28.5. The number of hydrogen-bond donors (Lipinski definition) is 0. The number of alkyl halides is 2. The standard InChI is InChI=1S/C35H24Cl3NO5/c36-22-16-14-21(15-17-22)28(40)19-44-33(43)27(18-20-8-2-1-3-9-20)39-31(41)29-30(32(39)42)35(38)24-11-5-4-10-23(24)34(29,37)25-12-6-7-13-26(25)35/h1-17,27,29-30H,18-19H2/t27-,29-,30-,34?,35?/m0/s1. The molecule has 1 saturated heterocycles. The van der Waals surface area contributed by atoms with Gasteiger partial charge < -0.3 is 4.74 Å². The number of ether oxygens (including phenoxy) is 1. The highest BCUT2D eigenvalue weighted by Crippen LogP contribution is 2.69. The monoisotopic (exact) mass is 643 g/mol. The Balaban J connectivity index is 1.28. The Morgan fingerprint density at radius 3 is 1.64 bits per heavy atom. The van der Waals surface area contributed by atoms with Crippen LogP contribution in [0.1, 0.15) is 38.2 Å². The van der Waals surface area contributed by atoms with Crippen molar-refractivity contribution in [3.05, 3.63) is 142 Å². The van der Waals surface area contributed by atoms with E-state index in [1.54, 1.807) is 36.4 Å². The van der Waals surface area contributed by atoms with Crippen LogP contribution in [0.3, 0.4) is 0 Å². The normalized spacial score (nSPS) is 25.2. The zero-order valence-electron chi connectivity index (χ0n) is 23.1. The lowest BCUT2D eigenvalue weighted by Gasteiger charge is -2.54. The highest BCUT2D eigenvalue weighted by molar-refractivity contribution is 6.36. The molecular formula is C35H24Cl3NO5. The van der Waals surface area contributed by atoms with Crippen molar-refractivity contribution in [3.63, 3.8) is 0 Å². The molecule has 6 nitrogen and oxygen atoms in total. The van der Waals surface area contributed by atoms with E-state index in [2.05, 4.69) is 0 Å². The summed E-state index contributed by atoms with van der Waals surface area (Å²) in [6.45, 7) is -0.579. The first-order valence-corrected chi connectivity index (χ1v) is 15.2. The molecule has 3 aliphatic carbocycles. The SMILES string of the molecule is O=C(COC(=O)[C@H](Cc1ccccc1)N1C(=O)[C@@H]2[C@@H](C1=O)C1(Cl)c3ccccc3C2(Cl)c2ccccc21)c1ccc(Cl)cc1. The van der Waals surface area contributed by atoms with Gasteiger partial charge in [0.15, 0.2) is 12.4 Å². The van der Waals surface area contributed by atoms with Crippen LogP contribution in [0, 0.1) is 11.8 Å². The van der Waals surface area contributed by atoms with Crippen molar-refractivity contribution in [1.29, 1.82) is 0 Å². The molecular weight excluding hydrogens is 621 g/mol. The lowest BCUT2D eigenvalue weighted by Crippen LogP contribution is -2.57. The van der Waals surface area contributed by atoms with Gasteiger partial charge in [-0.3, -0.25) is 19.3 Å². The molecule has 8 rings (SSSR count). The fraction of sp³-hybridized carbons (Fsp3) is 0.200. The molecule has 0 spiro atoms. The number of esters is 1. The van der Waals surface area contributed by atoms with Crippen LogP contribution in [0.15, 0.2) is 103 Å². The van der Waals surface area contributed by atoms with Crippen molar-refractivity contribution in [1.82, 2.24) is 4.90 Å². The highest BCUT2D eigenvalue weighted by Gasteiger charge is 2.73. The summed E-state index contributed by atoms with van der Waals surface area (Å²) in [6.07, 6.45) is -0.0177. The summed E-state index contributed by atoms with van der Waals surface area (Å²) in [5, 5.41) is 0.460. The molecule has 2 bridgehead atoms. The minimum atomic E-state index is -1.39. The maximum atomic E-state index is 14.5. The molecule has 0 N–H and O–H groups in total. The van der Waals surface area contributed by atoms with Crippen LogP contribution in [-0.2, 0) is 35.3 Å². The fourth-order valence-corrected chi connectivity index (χ4v) is 8.29. The first-order chi connectivity index (χ1) is 21.2. The van der Waals surface area contributed by atoms with E-state index in [4.69, 9.17) is 39.5 Å². The van der Waals surface area contributed by atoms with Gasteiger partial charge in [-0.05, 0) is 52.1 Å². The van der Waals surface area contributed by atoms with Gasteiger partial charge in [-0.25, -0.2) is 4.79 Å². The molecule has 0 unspecified atom stereocenters. The Morgan fingerprint density at radius 2 is 1.16 bits per heavy atom. The van der Waals surface area contributed by atoms with Gasteiger partial charge in [0, 0.05) is 17.0 Å². The Morgan fingerprint density at radius 1 is 0.705 bits per heavy atom. The van der Waals surface area contributed by atoms with Crippen LogP contribution >= 0.6 is 34.8 Å². The predicted octanol–water partition coefficient (Wildman–Crippen LogP) is 6.27. The summed E-state index contributed by atoms with van der Waals surface area (Å²) in [7, 11) is 0. The van der Waals surface area contributed by atoms with Crippen molar-refractivity contribution < 1.29 is 23.9 Å². The lowest BCUT2D eigenvalue weighted by atomic mass is 9.54. The molecule has 2 amide bonds. The number of likely N-dealkylation sites (tertiary alicyclic amines) is 1. The summed E-state index contributed by atoms with van der Waals surface area (Å²) >= 11 is 21.0. The first-order valence-electron chi connectivity index (χ1n) is 14.1. The number of imide groups is 1. The molecule has 1 fully saturated rings. The summed E-state index contributed by atoms with van der Waals surface area (Å²) in [4.78, 5) is 53.8. The largest absolute Gasteiger partial charge is 0.456 e. The number of rotatable bonds is 7. The third-order valence-corrected chi connectivity index (χ3v) is 10.5. The van der Waals surface area contributed by atoms with Crippen molar-refractivity contribution >= 4 is 58.4 Å². The number of amides is 2. The molecule has 4 aromatic carbocycles. The molecule has 0 saturated carbocycles. The maximum Gasteiger partial charge on any atom is 0.330 e. The summed E-state index contributed by atoms with van der Waals surface area (Å²) in [5.74, 6) is -4.69.